The standard InChI is InChI=1S/C13H14ClIN2S/c1-8-7-18-13(12(8)14)11(17-16)6-9-2-4-10(15)5-3-9/h2-5,7,11,17H,6,16H2,1H3. The molecule has 0 aliphatic heterocycles. The van der Waals surface area contributed by atoms with Crippen LogP contribution < -0.4 is 11.3 Å². The van der Waals surface area contributed by atoms with Gasteiger partial charge in [0.2, 0.25) is 0 Å². The summed E-state index contributed by atoms with van der Waals surface area (Å²) in [6.07, 6.45) is 0.840. The summed E-state index contributed by atoms with van der Waals surface area (Å²) in [4.78, 5) is 1.11. The van der Waals surface area contributed by atoms with E-state index in [4.69, 9.17) is 17.4 Å². The predicted octanol–water partition coefficient (Wildman–Crippen LogP) is 4.06. The highest BCUT2D eigenvalue weighted by Gasteiger charge is 2.17. The first kappa shape index (κ1) is 14.3. The zero-order chi connectivity index (χ0) is 13.1. The fraction of sp³-hybridized carbons (Fsp3) is 0.231. The van der Waals surface area contributed by atoms with E-state index in [1.54, 1.807) is 11.3 Å². The molecule has 0 aliphatic rings. The zero-order valence-corrected chi connectivity index (χ0v) is 13.6. The van der Waals surface area contributed by atoms with Crippen LogP contribution in [0.5, 0.6) is 0 Å². The minimum atomic E-state index is 0.0660. The molecule has 0 aliphatic carbocycles. The topological polar surface area (TPSA) is 38.0 Å². The summed E-state index contributed by atoms with van der Waals surface area (Å²) in [5.74, 6) is 5.66. The monoisotopic (exact) mass is 392 g/mol. The third kappa shape index (κ3) is 3.24. The van der Waals surface area contributed by atoms with Crippen molar-refractivity contribution in [1.29, 1.82) is 0 Å². The van der Waals surface area contributed by atoms with Crippen molar-refractivity contribution in [1.82, 2.24) is 5.43 Å². The lowest BCUT2D eigenvalue weighted by Crippen LogP contribution is -2.29. The van der Waals surface area contributed by atoms with Crippen LogP contribution in [0.3, 0.4) is 0 Å². The smallest absolute Gasteiger partial charge is 0.0608 e. The van der Waals surface area contributed by atoms with E-state index in [2.05, 4.69) is 57.7 Å². The van der Waals surface area contributed by atoms with E-state index in [0.29, 0.717) is 0 Å². The van der Waals surface area contributed by atoms with E-state index in [0.717, 1.165) is 21.9 Å². The highest BCUT2D eigenvalue weighted by molar-refractivity contribution is 14.1. The van der Waals surface area contributed by atoms with E-state index >= 15 is 0 Å². The Morgan fingerprint density at radius 1 is 1.39 bits per heavy atom. The quantitative estimate of drug-likeness (QED) is 0.468. The summed E-state index contributed by atoms with van der Waals surface area (Å²) in [6.45, 7) is 2.01. The minimum absolute atomic E-state index is 0.0660. The van der Waals surface area contributed by atoms with Crippen molar-refractivity contribution < 1.29 is 0 Å². The number of benzene rings is 1. The Balaban J connectivity index is 2.19. The van der Waals surface area contributed by atoms with E-state index in [1.165, 1.54) is 9.13 Å². The fourth-order valence-electron chi connectivity index (χ4n) is 1.77. The largest absolute Gasteiger partial charge is 0.271 e. The molecule has 3 N–H and O–H groups in total. The molecule has 1 aromatic heterocycles. The zero-order valence-electron chi connectivity index (χ0n) is 9.91. The average molecular weight is 393 g/mol. The van der Waals surface area contributed by atoms with Crippen LogP contribution >= 0.6 is 45.5 Å². The number of halogens is 2. The Labute approximate surface area is 130 Å². The number of hydrogen-bond acceptors (Lipinski definition) is 3. The number of aryl methyl sites for hydroxylation is 1. The van der Waals surface area contributed by atoms with Crippen molar-refractivity contribution in [3.63, 3.8) is 0 Å². The molecule has 2 rings (SSSR count). The molecule has 2 nitrogen and oxygen atoms in total. The molecule has 2 aromatic rings. The molecule has 5 heteroatoms. The molecule has 0 radical (unpaired) electrons. The van der Waals surface area contributed by atoms with Crippen LogP contribution in [-0.2, 0) is 6.42 Å². The van der Waals surface area contributed by atoms with Crippen molar-refractivity contribution in [2.75, 3.05) is 0 Å². The lowest BCUT2D eigenvalue weighted by Gasteiger charge is -2.15. The molecule has 0 saturated heterocycles. The number of hydrazine groups is 1. The van der Waals surface area contributed by atoms with Crippen LogP contribution in [0.1, 0.15) is 22.0 Å². The number of hydrogen-bond donors (Lipinski definition) is 2. The maximum Gasteiger partial charge on any atom is 0.0608 e. The molecular formula is C13H14ClIN2S. The second-order valence-electron chi connectivity index (χ2n) is 4.15. The molecular weight excluding hydrogens is 379 g/mol. The first-order valence-corrected chi connectivity index (χ1v) is 7.89. The van der Waals surface area contributed by atoms with Crippen molar-refractivity contribution in [2.24, 2.45) is 5.84 Å². The molecule has 1 unspecified atom stereocenters. The molecule has 18 heavy (non-hydrogen) atoms. The van der Waals surface area contributed by atoms with E-state index in [-0.39, 0.29) is 6.04 Å². The highest BCUT2D eigenvalue weighted by atomic mass is 127. The lowest BCUT2D eigenvalue weighted by molar-refractivity contribution is 0.560. The molecule has 96 valence electrons. The molecule has 0 spiro atoms. The average Bonchev–Trinajstić information content (AvgIpc) is 2.70. The van der Waals surface area contributed by atoms with Gasteiger partial charge in [-0.2, -0.15) is 0 Å². The van der Waals surface area contributed by atoms with Gasteiger partial charge in [-0.15, -0.1) is 11.3 Å². The molecule has 1 atom stereocenters. The number of thiophene rings is 1. The molecule has 1 aromatic carbocycles. The first-order chi connectivity index (χ1) is 8.61. The Bertz CT molecular complexity index is 524. The van der Waals surface area contributed by atoms with Gasteiger partial charge in [-0.05, 0) is 64.6 Å². The van der Waals surface area contributed by atoms with Gasteiger partial charge in [-0.3, -0.25) is 11.3 Å². The molecule has 0 saturated carbocycles. The van der Waals surface area contributed by atoms with Crippen LogP contribution in [0, 0.1) is 10.5 Å². The summed E-state index contributed by atoms with van der Waals surface area (Å²) >= 11 is 10.2. The Morgan fingerprint density at radius 3 is 2.56 bits per heavy atom. The van der Waals surface area contributed by atoms with Gasteiger partial charge >= 0.3 is 0 Å². The number of nitrogens with one attached hydrogen (secondary N) is 1. The van der Waals surface area contributed by atoms with Gasteiger partial charge in [0.05, 0.1) is 11.1 Å². The van der Waals surface area contributed by atoms with E-state index in [1.807, 2.05) is 6.92 Å². The summed E-state index contributed by atoms with van der Waals surface area (Å²) in [5.41, 5.74) is 5.22. The summed E-state index contributed by atoms with van der Waals surface area (Å²) < 4.78 is 1.23. The number of nitrogens with two attached hydrogens (primary N) is 1. The third-order valence-corrected chi connectivity index (χ3v) is 5.34. The predicted molar refractivity (Wildman–Crippen MR) is 87.0 cm³/mol. The third-order valence-electron chi connectivity index (χ3n) is 2.80. The SMILES string of the molecule is Cc1csc(C(Cc2ccc(I)cc2)NN)c1Cl. The maximum atomic E-state index is 6.29. The van der Waals surface area contributed by atoms with Gasteiger partial charge in [0, 0.05) is 8.45 Å². The lowest BCUT2D eigenvalue weighted by atomic mass is 10.0. The second-order valence-corrected chi connectivity index (χ2v) is 6.68. The molecule has 0 amide bonds. The van der Waals surface area contributed by atoms with Crippen LogP contribution in [0.2, 0.25) is 5.02 Å². The van der Waals surface area contributed by atoms with Gasteiger partial charge in [0.15, 0.2) is 0 Å². The van der Waals surface area contributed by atoms with Crippen LogP contribution in [-0.4, -0.2) is 0 Å². The first-order valence-electron chi connectivity index (χ1n) is 5.56. The van der Waals surface area contributed by atoms with Gasteiger partial charge in [-0.1, -0.05) is 23.7 Å². The van der Waals surface area contributed by atoms with Crippen molar-refractivity contribution in [3.05, 3.63) is 54.2 Å². The number of rotatable bonds is 4. The Kier molecular flexibility index (Phi) is 5.03. The van der Waals surface area contributed by atoms with Gasteiger partial charge in [-0.25, -0.2) is 0 Å². The van der Waals surface area contributed by atoms with Crippen molar-refractivity contribution >= 4 is 45.5 Å². The Hall–Kier alpha value is -0.140. The molecule has 0 bridgehead atoms. The summed E-state index contributed by atoms with van der Waals surface area (Å²) in [5, 5.41) is 2.89. The summed E-state index contributed by atoms with van der Waals surface area (Å²) in [6, 6.07) is 8.52. The normalized spacial score (nSPS) is 12.7. The molecule has 0 fully saturated rings. The van der Waals surface area contributed by atoms with Gasteiger partial charge in [0.1, 0.15) is 0 Å². The van der Waals surface area contributed by atoms with E-state index in [9.17, 15) is 0 Å². The second kappa shape index (κ2) is 6.34. The van der Waals surface area contributed by atoms with Crippen LogP contribution in [0.4, 0.5) is 0 Å². The molecule has 1 heterocycles. The van der Waals surface area contributed by atoms with Crippen molar-refractivity contribution in [2.45, 2.75) is 19.4 Å². The van der Waals surface area contributed by atoms with Gasteiger partial charge < -0.3 is 0 Å². The fourth-order valence-corrected chi connectivity index (χ4v) is 3.51. The van der Waals surface area contributed by atoms with Crippen molar-refractivity contribution in [3.8, 4) is 0 Å². The van der Waals surface area contributed by atoms with Gasteiger partial charge in [0.25, 0.3) is 0 Å². The Morgan fingerprint density at radius 2 is 2.06 bits per heavy atom. The highest BCUT2D eigenvalue weighted by Crippen LogP contribution is 2.33. The minimum Gasteiger partial charge on any atom is -0.271 e. The maximum absolute atomic E-state index is 6.29. The van der Waals surface area contributed by atoms with Crippen LogP contribution in [0.25, 0.3) is 0 Å². The van der Waals surface area contributed by atoms with Crippen LogP contribution in [0.15, 0.2) is 29.6 Å². The van der Waals surface area contributed by atoms with E-state index < -0.39 is 0 Å². The summed E-state index contributed by atoms with van der Waals surface area (Å²) in [7, 11) is 0.